The predicted molar refractivity (Wildman–Crippen MR) is 78.5 cm³/mol. The van der Waals surface area contributed by atoms with Gasteiger partial charge >= 0.3 is 0 Å². The fourth-order valence-electron chi connectivity index (χ4n) is 1.93. The van der Waals surface area contributed by atoms with Crippen LogP contribution in [0.2, 0.25) is 0 Å². The zero-order valence-corrected chi connectivity index (χ0v) is 12.1. The maximum Gasteiger partial charge on any atom is 0.254 e. The van der Waals surface area contributed by atoms with E-state index in [4.69, 9.17) is 10.5 Å². The van der Waals surface area contributed by atoms with Crippen molar-refractivity contribution in [3.05, 3.63) is 23.8 Å². The number of unbranched alkanes of at least 4 members (excludes halogenated alkanes) is 1. The average Bonchev–Trinajstić information content (AvgIpc) is 2.39. The summed E-state index contributed by atoms with van der Waals surface area (Å²) in [6.07, 6.45) is 2.09. The second kappa shape index (κ2) is 7.67. The molecule has 0 radical (unpaired) electrons. The Bertz CT molecular complexity index is 419. The molecule has 1 rings (SSSR count). The van der Waals surface area contributed by atoms with E-state index in [-0.39, 0.29) is 5.91 Å². The van der Waals surface area contributed by atoms with Gasteiger partial charge in [0.15, 0.2) is 0 Å². The third kappa shape index (κ3) is 4.47. The number of nitrogens with zero attached hydrogens (tertiary/aromatic N) is 1. The van der Waals surface area contributed by atoms with Gasteiger partial charge in [0, 0.05) is 30.4 Å². The summed E-state index contributed by atoms with van der Waals surface area (Å²) in [5.74, 6) is 0.668. The number of hydrogen-bond donors (Lipinski definition) is 1. The van der Waals surface area contributed by atoms with Gasteiger partial charge in [0.1, 0.15) is 5.75 Å². The molecule has 0 aliphatic rings. The monoisotopic (exact) mass is 264 g/mol. The molecule has 0 saturated heterocycles. The molecule has 4 heteroatoms. The number of carbonyl (C=O) groups is 1. The van der Waals surface area contributed by atoms with Crippen molar-refractivity contribution >= 4 is 11.6 Å². The van der Waals surface area contributed by atoms with E-state index in [1.165, 1.54) is 0 Å². The summed E-state index contributed by atoms with van der Waals surface area (Å²) in [4.78, 5) is 14.2. The van der Waals surface area contributed by atoms with E-state index >= 15 is 0 Å². The van der Waals surface area contributed by atoms with Gasteiger partial charge in [-0.05, 0) is 32.4 Å². The summed E-state index contributed by atoms with van der Waals surface area (Å²) in [6, 6.07) is 5.21. The van der Waals surface area contributed by atoms with E-state index in [0.717, 1.165) is 19.4 Å². The Kier molecular flexibility index (Phi) is 6.19. The van der Waals surface area contributed by atoms with Gasteiger partial charge in [-0.2, -0.15) is 0 Å². The number of nitrogens with two attached hydrogens (primary N) is 1. The van der Waals surface area contributed by atoms with Crippen LogP contribution in [0.5, 0.6) is 5.75 Å². The lowest BCUT2D eigenvalue weighted by atomic mass is 10.1. The molecule has 0 aromatic heterocycles. The molecule has 0 bridgehead atoms. The van der Waals surface area contributed by atoms with Crippen LogP contribution >= 0.6 is 0 Å². The number of anilines is 1. The lowest BCUT2D eigenvalue weighted by molar-refractivity contribution is 0.0762. The molecule has 0 spiro atoms. The van der Waals surface area contributed by atoms with Crippen LogP contribution in [-0.2, 0) is 0 Å². The van der Waals surface area contributed by atoms with Gasteiger partial charge < -0.3 is 15.4 Å². The number of hydrogen-bond acceptors (Lipinski definition) is 3. The molecule has 1 aromatic carbocycles. The molecule has 106 valence electrons. The highest BCUT2D eigenvalue weighted by molar-refractivity contribution is 5.95. The molecule has 4 nitrogen and oxygen atoms in total. The Labute approximate surface area is 115 Å². The van der Waals surface area contributed by atoms with Crippen LogP contribution in [0, 0.1) is 0 Å². The normalized spacial score (nSPS) is 10.3. The Balaban J connectivity index is 2.90. The van der Waals surface area contributed by atoms with E-state index in [2.05, 4.69) is 6.92 Å². The Morgan fingerprint density at radius 1 is 1.26 bits per heavy atom. The number of rotatable bonds is 7. The van der Waals surface area contributed by atoms with Crippen molar-refractivity contribution in [3.8, 4) is 5.75 Å². The Morgan fingerprint density at radius 2 is 2.00 bits per heavy atom. The van der Waals surface area contributed by atoms with Gasteiger partial charge in [0.25, 0.3) is 5.91 Å². The SMILES string of the molecule is CCCCN(CC)C(=O)c1cc(N)cc(OCC)c1. The standard InChI is InChI=1S/C15H24N2O2/c1-4-7-8-17(5-2)15(18)12-9-13(16)11-14(10-12)19-6-3/h9-11H,4-8,16H2,1-3H3. The second-order valence-corrected chi connectivity index (χ2v) is 4.46. The van der Waals surface area contributed by atoms with Crippen molar-refractivity contribution in [1.29, 1.82) is 0 Å². The average molecular weight is 264 g/mol. The first-order chi connectivity index (χ1) is 9.12. The summed E-state index contributed by atoms with van der Waals surface area (Å²) in [5, 5.41) is 0. The topological polar surface area (TPSA) is 55.6 Å². The van der Waals surface area contributed by atoms with Crippen molar-refractivity contribution in [2.24, 2.45) is 0 Å². The van der Waals surface area contributed by atoms with E-state index in [0.29, 0.717) is 30.2 Å². The van der Waals surface area contributed by atoms with E-state index in [1.807, 2.05) is 18.7 Å². The van der Waals surface area contributed by atoms with Crippen LogP contribution < -0.4 is 10.5 Å². The highest BCUT2D eigenvalue weighted by atomic mass is 16.5. The molecular formula is C15H24N2O2. The lowest BCUT2D eigenvalue weighted by Gasteiger charge is -2.21. The molecule has 0 heterocycles. The van der Waals surface area contributed by atoms with Crippen molar-refractivity contribution in [3.63, 3.8) is 0 Å². The van der Waals surface area contributed by atoms with Gasteiger partial charge in [-0.3, -0.25) is 4.79 Å². The number of carbonyl (C=O) groups excluding carboxylic acids is 1. The molecule has 0 fully saturated rings. The first-order valence-electron chi connectivity index (χ1n) is 6.95. The fourth-order valence-corrected chi connectivity index (χ4v) is 1.93. The van der Waals surface area contributed by atoms with E-state index in [1.54, 1.807) is 18.2 Å². The highest BCUT2D eigenvalue weighted by Crippen LogP contribution is 2.20. The van der Waals surface area contributed by atoms with Gasteiger partial charge in [0.2, 0.25) is 0 Å². The smallest absolute Gasteiger partial charge is 0.254 e. The van der Waals surface area contributed by atoms with Crippen LogP contribution in [0.15, 0.2) is 18.2 Å². The Morgan fingerprint density at radius 3 is 2.58 bits per heavy atom. The van der Waals surface area contributed by atoms with Crippen molar-refractivity contribution in [1.82, 2.24) is 4.90 Å². The molecule has 0 unspecified atom stereocenters. The largest absolute Gasteiger partial charge is 0.494 e. The fraction of sp³-hybridized carbons (Fsp3) is 0.533. The predicted octanol–water partition coefficient (Wildman–Crippen LogP) is 2.93. The molecular weight excluding hydrogens is 240 g/mol. The summed E-state index contributed by atoms with van der Waals surface area (Å²) >= 11 is 0. The van der Waals surface area contributed by atoms with Crippen molar-refractivity contribution in [2.45, 2.75) is 33.6 Å². The third-order valence-corrected chi connectivity index (χ3v) is 2.94. The van der Waals surface area contributed by atoms with Crippen molar-refractivity contribution in [2.75, 3.05) is 25.4 Å². The number of benzene rings is 1. The van der Waals surface area contributed by atoms with Crippen LogP contribution in [-0.4, -0.2) is 30.5 Å². The molecule has 0 aliphatic heterocycles. The minimum absolute atomic E-state index is 0.0178. The Hall–Kier alpha value is -1.71. The van der Waals surface area contributed by atoms with E-state index in [9.17, 15) is 4.79 Å². The third-order valence-electron chi connectivity index (χ3n) is 2.94. The first-order valence-corrected chi connectivity index (χ1v) is 6.95. The maximum atomic E-state index is 12.4. The zero-order valence-electron chi connectivity index (χ0n) is 12.1. The molecule has 1 aromatic rings. The first kappa shape index (κ1) is 15.3. The number of nitrogen functional groups attached to an aromatic ring is 1. The van der Waals surface area contributed by atoms with Crippen molar-refractivity contribution < 1.29 is 9.53 Å². The zero-order chi connectivity index (χ0) is 14.3. The van der Waals surface area contributed by atoms with Gasteiger partial charge in [-0.15, -0.1) is 0 Å². The summed E-state index contributed by atoms with van der Waals surface area (Å²) in [6.45, 7) is 8.06. The molecule has 19 heavy (non-hydrogen) atoms. The van der Waals surface area contributed by atoms with Gasteiger partial charge in [-0.25, -0.2) is 0 Å². The highest BCUT2D eigenvalue weighted by Gasteiger charge is 2.15. The summed E-state index contributed by atoms with van der Waals surface area (Å²) < 4.78 is 5.42. The summed E-state index contributed by atoms with van der Waals surface area (Å²) in [5.41, 5.74) is 6.97. The van der Waals surface area contributed by atoms with Crippen LogP contribution in [0.4, 0.5) is 5.69 Å². The number of amides is 1. The molecule has 2 N–H and O–H groups in total. The molecule has 1 amide bonds. The second-order valence-electron chi connectivity index (χ2n) is 4.46. The minimum atomic E-state index is 0.0178. The van der Waals surface area contributed by atoms with Gasteiger partial charge in [0.05, 0.1) is 6.61 Å². The van der Waals surface area contributed by atoms with Gasteiger partial charge in [-0.1, -0.05) is 13.3 Å². The minimum Gasteiger partial charge on any atom is -0.494 e. The quantitative estimate of drug-likeness (QED) is 0.770. The lowest BCUT2D eigenvalue weighted by Crippen LogP contribution is -2.31. The van der Waals surface area contributed by atoms with Crippen LogP contribution in [0.25, 0.3) is 0 Å². The summed E-state index contributed by atoms with van der Waals surface area (Å²) in [7, 11) is 0. The number of ether oxygens (including phenoxy) is 1. The van der Waals surface area contributed by atoms with Crippen LogP contribution in [0.1, 0.15) is 44.0 Å². The molecule has 0 saturated carbocycles. The molecule has 0 atom stereocenters. The van der Waals surface area contributed by atoms with E-state index < -0.39 is 0 Å². The maximum absolute atomic E-state index is 12.4. The molecule has 0 aliphatic carbocycles. The van der Waals surface area contributed by atoms with Crippen LogP contribution in [0.3, 0.4) is 0 Å².